The number of benzene rings is 2. The molecule has 0 unspecified atom stereocenters. The fourth-order valence-corrected chi connectivity index (χ4v) is 3.33. The summed E-state index contributed by atoms with van der Waals surface area (Å²) in [5.74, 6) is 0.413. The number of nitrogens with zero attached hydrogens (tertiary/aromatic N) is 2. The molecule has 4 aromatic rings. The molecular weight excluding hydrogens is 394 g/mol. The zero-order valence-corrected chi connectivity index (χ0v) is 16.4. The second kappa shape index (κ2) is 7.06. The van der Waals surface area contributed by atoms with Gasteiger partial charge in [0.1, 0.15) is 5.82 Å². The van der Waals surface area contributed by atoms with Crippen LogP contribution in [0.3, 0.4) is 0 Å². The highest BCUT2D eigenvalue weighted by Gasteiger charge is 2.09. The Bertz CT molecular complexity index is 1360. The van der Waals surface area contributed by atoms with Crippen LogP contribution in [0.15, 0.2) is 62.8 Å². The molecule has 2 aromatic heterocycles. The minimum absolute atomic E-state index is 0.238. The van der Waals surface area contributed by atoms with Crippen molar-refractivity contribution in [1.82, 2.24) is 15.0 Å². The Labute approximate surface area is 165 Å². The van der Waals surface area contributed by atoms with E-state index < -0.39 is 15.6 Å². The molecule has 0 radical (unpaired) electrons. The van der Waals surface area contributed by atoms with Crippen LogP contribution in [0.5, 0.6) is 0 Å². The fraction of sp³-hybridized carbons (Fsp3) is 0.105. The molecule has 3 N–H and O–H groups in total. The lowest BCUT2D eigenvalue weighted by molar-refractivity contribution is 0.555. The van der Waals surface area contributed by atoms with E-state index in [9.17, 15) is 13.2 Å². The highest BCUT2D eigenvalue weighted by molar-refractivity contribution is 7.90. The number of sulfone groups is 1. The van der Waals surface area contributed by atoms with Gasteiger partial charge >= 0.3 is 5.76 Å². The first kappa shape index (κ1) is 18.7. The van der Waals surface area contributed by atoms with Crippen molar-refractivity contribution in [2.75, 3.05) is 16.9 Å². The van der Waals surface area contributed by atoms with Gasteiger partial charge in [-0.1, -0.05) is 0 Å². The highest BCUT2D eigenvalue weighted by atomic mass is 32.2. The van der Waals surface area contributed by atoms with Gasteiger partial charge in [0.05, 0.1) is 10.4 Å². The van der Waals surface area contributed by atoms with Gasteiger partial charge in [-0.3, -0.25) is 4.98 Å². The molecule has 2 aromatic carbocycles. The molecule has 0 fully saturated rings. The van der Waals surface area contributed by atoms with Gasteiger partial charge in [-0.15, -0.1) is 0 Å². The van der Waals surface area contributed by atoms with Crippen LogP contribution in [0.1, 0.15) is 5.56 Å². The van der Waals surface area contributed by atoms with Crippen molar-refractivity contribution < 1.29 is 12.8 Å². The van der Waals surface area contributed by atoms with Gasteiger partial charge < -0.3 is 15.1 Å². The molecule has 10 heteroatoms. The molecule has 0 spiro atoms. The normalized spacial score (nSPS) is 11.5. The second-order valence-corrected chi connectivity index (χ2v) is 8.51. The van der Waals surface area contributed by atoms with Crippen molar-refractivity contribution in [3.8, 4) is 0 Å². The van der Waals surface area contributed by atoms with Crippen LogP contribution in [0, 0.1) is 6.92 Å². The number of oxazole rings is 1. The molecule has 0 saturated heterocycles. The van der Waals surface area contributed by atoms with Crippen LogP contribution in [-0.2, 0) is 9.84 Å². The maximum absolute atomic E-state index is 11.6. The van der Waals surface area contributed by atoms with Crippen molar-refractivity contribution in [1.29, 1.82) is 0 Å². The number of H-pyrrole nitrogens is 1. The Morgan fingerprint density at radius 3 is 2.48 bits per heavy atom. The molecule has 0 atom stereocenters. The largest absolute Gasteiger partial charge is 0.417 e. The summed E-state index contributed by atoms with van der Waals surface area (Å²) >= 11 is 0. The first-order chi connectivity index (χ1) is 13.8. The highest BCUT2D eigenvalue weighted by Crippen LogP contribution is 2.23. The van der Waals surface area contributed by atoms with Crippen LogP contribution >= 0.6 is 0 Å². The number of anilines is 4. The third kappa shape index (κ3) is 4.11. The summed E-state index contributed by atoms with van der Waals surface area (Å²) < 4.78 is 28.2. The summed E-state index contributed by atoms with van der Waals surface area (Å²) in [5.41, 5.74) is 3.22. The topological polar surface area (TPSA) is 130 Å². The van der Waals surface area contributed by atoms with Crippen LogP contribution < -0.4 is 16.4 Å². The molecule has 0 saturated carbocycles. The molecule has 0 amide bonds. The molecular formula is C19H17N5O4S. The van der Waals surface area contributed by atoms with Crippen LogP contribution in [0.2, 0.25) is 0 Å². The molecule has 9 nitrogen and oxygen atoms in total. The lowest BCUT2D eigenvalue weighted by Crippen LogP contribution is -2.03. The lowest BCUT2D eigenvalue weighted by Gasteiger charge is -2.11. The second-order valence-electron chi connectivity index (χ2n) is 6.50. The molecule has 4 rings (SSSR count). The summed E-state index contributed by atoms with van der Waals surface area (Å²) in [4.78, 5) is 22.8. The number of aryl methyl sites for hydroxylation is 1. The predicted molar refractivity (Wildman–Crippen MR) is 110 cm³/mol. The standard InChI is InChI=1S/C19H17N5O4S/c1-11-10-20-18(22-12-3-6-14(7-4-12)29(2,26)27)24-17(11)21-13-5-8-15-16(9-13)28-19(25)23-15/h3-10H,1-2H3,(H,23,25)(H2,20,21,22,24). The van der Waals surface area contributed by atoms with Crippen LogP contribution in [0.25, 0.3) is 11.1 Å². The molecule has 0 aliphatic rings. The van der Waals surface area contributed by atoms with Gasteiger partial charge in [0.15, 0.2) is 15.4 Å². The Balaban J connectivity index is 1.57. The van der Waals surface area contributed by atoms with E-state index in [-0.39, 0.29) is 4.90 Å². The number of aromatic nitrogens is 3. The van der Waals surface area contributed by atoms with Gasteiger partial charge in [-0.2, -0.15) is 4.98 Å². The zero-order valence-electron chi connectivity index (χ0n) is 15.6. The van der Waals surface area contributed by atoms with Crippen molar-refractivity contribution in [2.45, 2.75) is 11.8 Å². The molecule has 0 aliphatic carbocycles. The number of fused-ring (bicyclic) bond motifs is 1. The summed E-state index contributed by atoms with van der Waals surface area (Å²) in [6, 6.07) is 11.6. The first-order valence-corrected chi connectivity index (χ1v) is 10.5. The summed E-state index contributed by atoms with van der Waals surface area (Å²) in [7, 11) is -3.25. The number of hydrogen-bond donors (Lipinski definition) is 3. The summed E-state index contributed by atoms with van der Waals surface area (Å²) in [6.45, 7) is 1.86. The zero-order chi connectivity index (χ0) is 20.6. The van der Waals surface area contributed by atoms with E-state index >= 15 is 0 Å². The maximum atomic E-state index is 11.6. The van der Waals surface area contributed by atoms with Gasteiger partial charge in [-0.25, -0.2) is 18.2 Å². The Morgan fingerprint density at radius 2 is 1.76 bits per heavy atom. The number of nitrogens with one attached hydrogen (secondary N) is 3. The van der Waals surface area contributed by atoms with E-state index in [1.54, 1.807) is 36.5 Å². The average molecular weight is 411 g/mol. The van der Waals surface area contributed by atoms with E-state index in [1.807, 2.05) is 6.92 Å². The van der Waals surface area contributed by atoms with E-state index in [0.29, 0.717) is 34.2 Å². The molecule has 29 heavy (non-hydrogen) atoms. The summed E-state index contributed by atoms with van der Waals surface area (Å²) in [5, 5.41) is 6.23. The molecule has 0 aliphatic heterocycles. The van der Waals surface area contributed by atoms with Crippen molar-refractivity contribution in [3.05, 3.63) is 64.8 Å². The van der Waals surface area contributed by atoms with E-state index in [4.69, 9.17) is 4.42 Å². The van der Waals surface area contributed by atoms with Crippen LogP contribution in [0.4, 0.5) is 23.1 Å². The SMILES string of the molecule is Cc1cnc(Nc2ccc(S(C)(=O)=O)cc2)nc1Nc1ccc2[nH]c(=O)oc2c1. The number of hydrogen-bond acceptors (Lipinski definition) is 8. The molecule has 2 heterocycles. The van der Waals surface area contributed by atoms with Crippen molar-refractivity contribution >= 4 is 44.1 Å². The number of aromatic amines is 1. The Kier molecular flexibility index (Phi) is 4.55. The molecule has 0 bridgehead atoms. The third-order valence-electron chi connectivity index (χ3n) is 4.19. The Morgan fingerprint density at radius 1 is 1.03 bits per heavy atom. The van der Waals surface area contributed by atoms with Crippen molar-refractivity contribution in [3.63, 3.8) is 0 Å². The minimum Gasteiger partial charge on any atom is -0.408 e. The smallest absolute Gasteiger partial charge is 0.408 e. The van der Waals surface area contributed by atoms with Crippen LogP contribution in [-0.4, -0.2) is 29.6 Å². The third-order valence-corrected chi connectivity index (χ3v) is 5.32. The summed E-state index contributed by atoms with van der Waals surface area (Å²) in [6.07, 6.45) is 2.82. The van der Waals surface area contributed by atoms with Gasteiger partial charge in [0.25, 0.3) is 0 Å². The van der Waals surface area contributed by atoms with Crippen molar-refractivity contribution in [2.24, 2.45) is 0 Å². The predicted octanol–water partition coefficient (Wildman–Crippen LogP) is 3.11. The monoisotopic (exact) mass is 411 g/mol. The fourth-order valence-electron chi connectivity index (χ4n) is 2.70. The average Bonchev–Trinajstić information content (AvgIpc) is 3.03. The van der Waals surface area contributed by atoms with Gasteiger partial charge in [0.2, 0.25) is 5.95 Å². The maximum Gasteiger partial charge on any atom is 0.417 e. The first-order valence-electron chi connectivity index (χ1n) is 8.59. The lowest BCUT2D eigenvalue weighted by atomic mass is 10.2. The number of rotatable bonds is 5. The van der Waals surface area contributed by atoms with E-state index in [0.717, 1.165) is 11.8 Å². The van der Waals surface area contributed by atoms with Gasteiger partial charge in [-0.05, 0) is 43.3 Å². The van der Waals surface area contributed by atoms with Gasteiger partial charge in [0, 0.05) is 35.5 Å². The van der Waals surface area contributed by atoms with E-state index in [2.05, 4.69) is 25.6 Å². The Hall–Kier alpha value is -3.66. The van der Waals surface area contributed by atoms with E-state index in [1.165, 1.54) is 12.1 Å². The minimum atomic E-state index is -3.25. The quantitative estimate of drug-likeness (QED) is 0.457. The molecule has 148 valence electrons.